The number of hydrogen-bond donors (Lipinski definition) is 2. The van der Waals surface area contributed by atoms with Gasteiger partial charge < -0.3 is 11.5 Å². The molecule has 168 valence electrons. The number of carbonyl (C=O) groups is 2. The second-order valence-electron chi connectivity index (χ2n) is 8.26. The Morgan fingerprint density at radius 1 is 0.727 bits per heavy atom. The van der Waals surface area contributed by atoms with E-state index in [2.05, 4.69) is 42.5 Å². The summed E-state index contributed by atoms with van der Waals surface area (Å²) in [6.45, 7) is 0. The van der Waals surface area contributed by atoms with Crippen molar-refractivity contribution in [2.45, 2.75) is 32.1 Å². The maximum absolute atomic E-state index is 10.7. The van der Waals surface area contributed by atoms with Crippen molar-refractivity contribution in [3.8, 4) is 11.1 Å². The number of carbonyl (C=O) groups excluding carboxylic acids is 2. The van der Waals surface area contributed by atoms with E-state index in [1.807, 2.05) is 0 Å². The normalized spacial score (nSPS) is 13.4. The summed E-state index contributed by atoms with van der Waals surface area (Å²) in [4.78, 5) is 21.5. The third kappa shape index (κ3) is 4.71. The van der Waals surface area contributed by atoms with Gasteiger partial charge in [-0.1, -0.05) is 54.6 Å². The van der Waals surface area contributed by atoms with Crippen LogP contribution < -0.4 is 11.5 Å². The standard InChI is InChI=1S/C20H19Cl.C8H8N2O2/c21-13-12-15-5-3-7-18-17(15)10-11-19-16-6-2-1-4-14(16)8-9-20(18)19;9-7(11)5-3-1-2-4-6(5)8(10)12/h1-2,4-6,10-11H,3,7-9,12-13H2;1-4H,(H2,9,11)(H2,10,12). The van der Waals surface area contributed by atoms with E-state index in [0.717, 1.165) is 12.8 Å². The number of fused-ring (bicyclic) bond motifs is 5. The van der Waals surface area contributed by atoms with Crippen LogP contribution in [0.25, 0.3) is 16.7 Å². The first-order valence-corrected chi connectivity index (χ1v) is 11.7. The lowest BCUT2D eigenvalue weighted by Gasteiger charge is -2.27. The summed E-state index contributed by atoms with van der Waals surface area (Å²) in [5.41, 5.74) is 20.8. The molecule has 0 aliphatic heterocycles. The van der Waals surface area contributed by atoms with Gasteiger partial charge in [-0.05, 0) is 83.2 Å². The van der Waals surface area contributed by atoms with Crippen molar-refractivity contribution in [1.82, 2.24) is 0 Å². The highest BCUT2D eigenvalue weighted by atomic mass is 35.5. The van der Waals surface area contributed by atoms with Gasteiger partial charge >= 0.3 is 0 Å². The summed E-state index contributed by atoms with van der Waals surface area (Å²) >= 11 is 5.97. The average molecular weight is 459 g/mol. The number of rotatable bonds is 4. The van der Waals surface area contributed by atoms with Gasteiger partial charge in [0.15, 0.2) is 0 Å². The largest absolute Gasteiger partial charge is 0.366 e. The van der Waals surface area contributed by atoms with Crippen molar-refractivity contribution in [1.29, 1.82) is 0 Å². The molecule has 0 saturated heterocycles. The molecule has 33 heavy (non-hydrogen) atoms. The Morgan fingerprint density at radius 2 is 1.33 bits per heavy atom. The van der Waals surface area contributed by atoms with E-state index in [1.54, 1.807) is 23.3 Å². The van der Waals surface area contributed by atoms with E-state index >= 15 is 0 Å². The maximum atomic E-state index is 10.7. The van der Waals surface area contributed by atoms with Crippen LogP contribution in [0.3, 0.4) is 0 Å². The van der Waals surface area contributed by atoms with Gasteiger partial charge in [-0.3, -0.25) is 9.59 Å². The second-order valence-corrected chi connectivity index (χ2v) is 8.63. The SMILES string of the molecule is ClCCC1=CCCc2c1ccc1c2CCc2ccccc2-1.NC(=O)c1ccccc1C(N)=O. The van der Waals surface area contributed by atoms with Crippen molar-refractivity contribution < 1.29 is 9.59 Å². The van der Waals surface area contributed by atoms with Crippen LogP contribution in [0.15, 0.2) is 66.7 Å². The van der Waals surface area contributed by atoms with Gasteiger partial charge in [0, 0.05) is 5.88 Å². The molecule has 3 aromatic carbocycles. The van der Waals surface area contributed by atoms with Crippen molar-refractivity contribution in [3.63, 3.8) is 0 Å². The van der Waals surface area contributed by atoms with E-state index in [-0.39, 0.29) is 11.1 Å². The van der Waals surface area contributed by atoms with E-state index in [0.29, 0.717) is 5.88 Å². The number of primary amides is 2. The minimum atomic E-state index is -0.649. The second kappa shape index (κ2) is 10.1. The quantitative estimate of drug-likeness (QED) is 0.520. The molecule has 0 heterocycles. The highest BCUT2D eigenvalue weighted by molar-refractivity contribution is 6.18. The van der Waals surface area contributed by atoms with Crippen LogP contribution in [-0.2, 0) is 19.3 Å². The number of amides is 2. The molecule has 0 radical (unpaired) electrons. The molecule has 5 rings (SSSR count). The first-order chi connectivity index (χ1) is 16.0. The van der Waals surface area contributed by atoms with Gasteiger partial charge in [0.1, 0.15) is 0 Å². The Hall–Kier alpha value is -3.37. The van der Waals surface area contributed by atoms with Gasteiger partial charge in [0.2, 0.25) is 11.8 Å². The van der Waals surface area contributed by atoms with Crippen LogP contribution in [-0.4, -0.2) is 17.7 Å². The van der Waals surface area contributed by atoms with Crippen LogP contribution in [0.5, 0.6) is 0 Å². The Labute approximate surface area is 199 Å². The highest BCUT2D eigenvalue weighted by Crippen LogP contribution is 2.40. The highest BCUT2D eigenvalue weighted by Gasteiger charge is 2.22. The smallest absolute Gasteiger partial charge is 0.249 e. The molecular weight excluding hydrogens is 432 g/mol. The molecular formula is C28H27ClN2O2. The molecule has 2 aliphatic rings. The van der Waals surface area contributed by atoms with Crippen LogP contribution in [0, 0.1) is 0 Å². The predicted octanol–water partition coefficient (Wildman–Crippen LogP) is 5.30. The summed E-state index contributed by atoms with van der Waals surface area (Å²) in [6.07, 6.45) is 8.08. The fourth-order valence-electron chi connectivity index (χ4n) is 4.83. The predicted molar refractivity (Wildman–Crippen MR) is 134 cm³/mol. The molecule has 4 N–H and O–H groups in total. The van der Waals surface area contributed by atoms with Crippen LogP contribution in [0.2, 0.25) is 0 Å². The molecule has 0 aromatic heterocycles. The van der Waals surface area contributed by atoms with Gasteiger partial charge in [0.05, 0.1) is 11.1 Å². The molecule has 2 aliphatic carbocycles. The van der Waals surface area contributed by atoms with Crippen LogP contribution in [0.4, 0.5) is 0 Å². The van der Waals surface area contributed by atoms with E-state index < -0.39 is 11.8 Å². The molecule has 0 saturated carbocycles. The first kappa shape index (κ1) is 22.8. The minimum absolute atomic E-state index is 0.157. The molecule has 2 amide bonds. The Balaban J connectivity index is 0.000000185. The van der Waals surface area contributed by atoms with Gasteiger partial charge in [-0.2, -0.15) is 0 Å². The van der Waals surface area contributed by atoms with E-state index in [1.165, 1.54) is 59.2 Å². The number of halogens is 1. The summed E-state index contributed by atoms with van der Waals surface area (Å²) in [5.74, 6) is -0.584. The van der Waals surface area contributed by atoms with E-state index in [9.17, 15) is 9.59 Å². The number of aryl methyl sites for hydroxylation is 1. The third-order valence-electron chi connectivity index (χ3n) is 6.34. The Kier molecular flexibility index (Phi) is 6.95. The van der Waals surface area contributed by atoms with Crippen molar-refractivity contribution in [3.05, 3.63) is 100 Å². The maximum Gasteiger partial charge on any atom is 0.249 e. The van der Waals surface area contributed by atoms with Gasteiger partial charge in [-0.25, -0.2) is 0 Å². The number of alkyl halides is 1. The topological polar surface area (TPSA) is 86.2 Å². The lowest BCUT2D eigenvalue weighted by Crippen LogP contribution is -2.20. The van der Waals surface area contributed by atoms with Crippen molar-refractivity contribution in [2.24, 2.45) is 11.5 Å². The zero-order valence-corrected chi connectivity index (χ0v) is 19.2. The summed E-state index contributed by atoms with van der Waals surface area (Å²) < 4.78 is 0. The molecule has 4 nitrogen and oxygen atoms in total. The minimum Gasteiger partial charge on any atom is -0.366 e. The monoisotopic (exact) mass is 458 g/mol. The molecule has 0 bridgehead atoms. The zero-order chi connectivity index (χ0) is 23.4. The Morgan fingerprint density at radius 3 is 2.00 bits per heavy atom. The molecule has 0 unspecified atom stereocenters. The van der Waals surface area contributed by atoms with E-state index in [4.69, 9.17) is 23.1 Å². The van der Waals surface area contributed by atoms with Gasteiger partial charge in [0.25, 0.3) is 0 Å². The molecule has 0 spiro atoms. The van der Waals surface area contributed by atoms with Crippen LogP contribution >= 0.6 is 11.6 Å². The number of allylic oxidation sites excluding steroid dienone is 2. The third-order valence-corrected chi connectivity index (χ3v) is 6.52. The number of benzene rings is 3. The number of nitrogens with two attached hydrogens (primary N) is 2. The molecule has 0 fully saturated rings. The lowest BCUT2D eigenvalue weighted by atomic mass is 9.78. The fourth-order valence-corrected chi connectivity index (χ4v) is 5.03. The fraction of sp³-hybridized carbons (Fsp3) is 0.214. The summed E-state index contributed by atoms with van der Waals surface area (Å²) in [5, 5.41) is 0. The van der Waals surface area contributed by atoms with Gasteiger partial charge in [-0.15, -0.1) is 11.6 Å². The summed E-state index contributed by atoms with van der Waals surface area (Å²) in [7, 11) is 0. The molecule has 0 atom stereocenters. The lowest BCUT2D eigenvalue weighted by molar-refractivity contribution is 0.0967. The van der Waals surface area contributed by atoms with Crippen LogP contribution in [0.1, 0.15) is 55.8 Å². The zero-order valence-electron chi connectivity index (χ0n) is 18.4. The molecule has 3 aromatic rings. The first-order valence-electron chi connectivity index (χ1n) is 11.2. The average Bonchev–Trinajstić information content (AvgIpc) is 2.84. The molecule has 5 heteroatoms. The Bertz CT molecular complexity index is 1210. The summed E-state index contributed by atoms with van der Waals surface area (Å²) in [6, 6.07) is 19.7. The van der Waals surface area contributed by atoms with Crippen molar-refractivity contribution >= 4 is 29.0 Å². The number of hydrogen-bond acceptors (Lipinski definition) is 2. The van der Waals surface area contributed by atoms with Crippen molar-refractivity contribution in [2.75, 3.05) is 5.88 Å².